The van der Waals surface area contributed by atoms with E-state index in [4.69, 9.17) is 0 Å². The Labute approximate surface area is 108 Å². The largest absolute Gasteiger partial charge is 0.334 e. The van der Waals surface area contributed by atoms with E-state index in [9.17, 15) is 4.79 Å². The van der Waals surface area contributed by atoms with E-state index in [1.165, 1.54) is 0 Å². The molecular weight excluding hydrogens is 226 g/mol. The lowest BCUT2D eigenvalue weighted by Gasteiger charge is -2.29. The van der Waals surface area contributed by atoms with Crippen LogP contribution >= 0.6 is 0 Å². The van der Waals surface area contributed by atoms with Gasteiger partial charge in [-0.1, -0.05) is 0 Å². The fraction of sp³-hybridized carbons (Fsp3) is 0.571. The van der Waals surface area contributed by atoms with Gasteiger partial charge >= 0.3 is 0 Å². The Morgan fingerprint density at radius 2 is 2.11 bits per heavy atom. The summed E-state index contributed by atoms with van der Waals surface area (Å²) in [4.78, 5) is 18.4. The molecule has 4 nitrogen and oxygen atoms in total. The topological polar surface area (TPSA) is 45.2 Å². The van der Waals surface area contributed by atoms with Gasteiger partial charge in [-0.05, 0) is 50.9 Å². The van der Waals surface area contributed by atoms with Crippen LogP contribution in [0.1, 0.15) is 31.7 Å². The Bertz CT molecular complexity index is 393. The number of likely N-dealkylation sites (tertiary alicyclic amines) is 1. The number of hydrogen-bond acceptors (Lipinski definition) is 3. The zero-order valence-corrected chi connectivity index (χ0v) is 11.1. The molecule has 1 N–H and O–H groups in total. The number of likely N-dealkylation sites (N-methyl/N-ethyl adjacent to an activating group) is 1. The first-order valence-electron chi connectivity index (χ1n) is 6.59. The van der Waals surface area contributed by atoms with Gasteiger partial charge in [-0.2, -0.15) is 0 Å². The van der Waals surface area contributed by atoms with E-state index in [-0.39, 0.29) is 11.9 Å². The molecule has 2 rings (SSSR count). The predicted octanol–water partition coefficient (Wildman–Crippen LogP) is 1.57. The third-order valence-corrected chi connectivity index (χ3v) is 3.68. The summed E-state index contributed by atoms with van der Waals surface area (Å²) in [5.41, 5.74) is 1.14. The molecular formula is C14H21N3O. The number of hydrogen-bond donors (Lipinski definition) is 1. The van der Waals surface area contributed by atoms with Crippen LogP contribution in [0.15, 0.2) is 24.5 Å². The molecule has 2 atom stereocenters. The first kappa shape index (κ1) is 13.0. The molecule has 1 aliphatic heterocycles. The van der Waals surface area contributed by atoms with Crippen LogP contribution in [0.25, 0.3) is 0 Å². The summed E-state index contributed by atoms with van der Waals surface area (Å²) in [6.45, 7) is 2.82. The summed E-state index contributed by atoms with van der Waals surface area (Å²) in [6.07, 6.45) is 6.67. The van der Waals surface area contributed by atoms with E-state index < -0.39 is 0 Å². The van der Waals surface area contributed by atoms with Gasteiger partial charge in [0.15, 0.2) is 0 Å². The number of carbonyl (C=O) groups excluding carboxylic acids is 1. The lowest BCUT2D eigenvalue weighted by atomic mass is 10.1. The molecule has 0 saturated carbocycles. The highest BCUT2D eigenvalue weighted by atomic mass is 16.2. The second kappa shape index (κ2) is 5.96. The number of pyridine rings is 1. The van der Waals surface area contributed by atoms with Crippen LogP contribution in [0.2, 0.25) is 0 Å². The van der Waals surface area contributed by atoms with Crippen LogP contribution in [-0.4, -0.2) is 34.9 Å². The van der Waals surface area contributed by atoms with Crippen LogP contribution in [0, 0.1) is 0 Å². The van der Waals surface area contributed by atoms with Crippen molar-refractivity contribution in [3.8, 4) is 0 Å². The van der Waals surface area contributed by atoms with Gasteiger partial charge in [0.1, 0.15) is 0 Å². The average molecular weight is 247 g/mol. The first-order chi connectivity index (χ1) is 8.72. The standard InChI is InChI=1S/C14H21N3O/c1-11-4-3-5-13(15-2)14(18)17(11)10-12-6-8-16-9-7-12/h6-9,11,13,15H,3-5,10H2,1-2H3. The Morgan fingerprint density at radius 1 is 1.39 bits per heavy atom. The van der Waals surface area contributed by atoms with Crippen molar-refractivity contribution in [3.63, 3.8) is 0 Å². The molecule has 0 bridgehead atoms. The average Bonchev–Trinajstić information content (AvgIpc) is 2.53. The Balaban J connectivity index is 2.14. The smallest absolute Gasteiger partial charge is 0.240 e. The van der Waals surface area contributed by atoms with E-state index in [2.05, 4.69) is 17.2 Å². The lowest BCUT2D eigenvalue weighted by Crippen LogP contribution is -2.46. The quantitative estimate of drug-likeness (QED) is 0.882. The molecule has 1 saturated heterocycles. The number of amides is 1. The normalized spacial score (nSPS) is 25.0. The second-order valence-electron chi connectivity index (χ2n) is 4.94. The Morgan fingerprint density at radius 3 is 2.78 bits per heavy atom. The van der Waals surface area contributed by atoms with Crippen molar-refractivity contribution >= 4 is 5.91 Å². The molecule has 18 heavy (non-hydrogen) atoms. The highest BCUT2D eigenvalue weighted by molar-refractivity contribution is 5.82. The third-order valence-electron chi connectivity index (χ3n) is 3.68. The summed E-state index contributed by atoms with van der Waals surface area (Å²) >= 11 is 0. The van der Waals surface area contributed by atoms with E-state index in [1.54, 1.807) is 12.4 Å². The lowest BCUT2D eigenvalue weighted by molar-refractivity contribution is -0.135. The van der Waals surface area contributed by atoms with E-state index >= 15 is 0 Å². The fourth-order valence-electron chi connectivity index (χ4n) is 2.50. The summed E-state index contributed by atoms with van der Waals surface area (Å²) in [7, 11) is 1.86. The van der Waals surface area contributed by atoms with Gasteiger partial charge in [0.25, 0.3) is 0 Å². The number of rotatable bonds is 3. The summed E-state index contributed by atoms with van der Waals surface area (Å²) < 4.78 is 0. The molecule has 1 aromatic heterocycles. The number of nitrogens with zero attached hydrogens (tertiary/aromatic N) is 2. The maximum atomic E-state index is 12.4. The van der Waals surface area contributed by atoms with Crippen molar-refractivity contribution in [2.75, 3.05) is 7.05 Å². The van der Waals surface area contributed by atoms with Crippen molar-refractivity contribution in [1.29, 1.82) is 0 Å². The Kier molecular flexibility index (Phi) is 4.31. The number of nitrogens with one attached hydrogen (secondary N) is 1. The maximum Gasteiger partial charge on any atom is 0.240 e. The van der Waals surface area contributed by atoms with Crippen LogP contribution in [0.5, 0.6) is 0 Å². The van der Waals surface area contributed by atoms with Gasteiger partial charge < -0.3 is 10.2 Å². The molecule has 1 aromatic rings. The monoisotopic (exact) mass is 247 g/mol. The minimum absolute atomic E-state index is 0.0308. The van der Waals surface area contributed by atoms with Gasteiger partial charge in [0.2, 0.25) is 5.91 Å². The highest BCUT2D eigenvalue weighted by Gasteiger charge is 2.29. The molecule has 4 heteroatoms. The second-order valence-corrected chi connectivity index (χ2v) is 4.94. The predicted molar refractivity (Wildman–Crippen MR) is 70.9 cm³/mol. The highest BCUT2D eigenvalue weighted by Crippen LogP contribution is 2.20. The minimum atomic E-state index is -0.0308. The van der Waals surface area contributed by atoms with Crippen molar-refractivity contribution in [2.24, 2.45) is 0 Å². The summed E-state index contributed by atoms with van der Waals surface area (Å²) in [6, 6.07) is 4.22. The van der Waals surface area contributed by atoms with E-state index in [0.717, 1.165) is 24.8 Å². The molecule has 1 aliphatic rings. The molecule has 98 valence electrons. The van der Waals surface area contributed by atoms with Crippen LogP contribution in [0.4, 0.5) is 0 Å². The van der Waals surface area contributed by atoms with Crippen molar-refractivity contribution in [2.45, 2.75) is 44.8 Å². The van der Waals surface area contributed by atoms with Gasteiger partial charge in [0.05, 0.1) is 6.04 Å². The molecule has 2 unspecified atom stereocenters. The minimum Gasteiger partial charge on any atom is -0.334 e. The number of aromatic nitrogens is 1. The van der Waals surface area contributed by atoms with Crippen LogP contribution in [0.3, 0.4) is 0 Å². The molecule has 0 spiro atoms. The van der Waals surface area contributed by atoms with Crippen LogP contribution < -0.4 is 5.32 Å². The molecule has 0 aliphatic carbocycles. The molecule has 1 fully saturated rings. The van der Waals surface area contributed by atoms with Gasteiger partial charge in [0, 0.05) is 25.0 Å². The fourth-order valence-corrected chi connectivity index (χ4v) is 2.50. The van der Waals surface area contributed by atoms with Crippen molar-refractivity contribution in [3.05, 3.63) is 30.1 Å². The maximum absolute atomic E-state index is 12.4. The van der Waals surface area contributed by atoms with E-state index in [0.29, 0.717) is 12.6 Å². The third kappa shape index (κ3) is 2.88. The summed E-state index contributed by atoms with van der Waals surface area (Å²) in [5, 5.41) is 3.13. The van der Waals surface area contributed by atoms with E-state index in [1.807, 2.05) is 24.1 Å². The first-order valence-corrected chi connectivity index (χ1v) is 6.59. The SMILES string of the molecule is CNC1CCCC(C)N(Cc2ccncc2)C1=O. The van der Waals surface area contributed by atoms with Gasteiger partial charge in [-0.15, -0.1) is 0 Å². The van der Waals surface area contributed by atoms with Crippen molar-refractivity contribution < 1.29 is 4.79 Å². The number of carbonyl (C=O) groups is 1. The molecule has 1 amide bonds. The molecule has 0 aromatic carbocycles. The Hall–Kier alpha value is -1.42. The zero-order valence-electron chi connectivity index (χ0n) is 11.1. The molecule has 0 radical (unpaired) electrons. The zero-order chi connectivity index (χ0) is 13.0. The van der Waals surface area contributed by atoms with Crippen LogP contribution in [-0.2, 0) is 11.3 Å². The summed E-state index contributed by atoms with van der Waals surface area (Å²) in [5.74, 6) is 0.222. The van der Waals surface area contributed by atoms with Crippen molar-refractivity contribution in [1.82, 2.24) is 15.2 Å². The van der Waals surface area contributed by atoms with Gasteiger partial charge in [-0.3, -0.25) is 9.78 Å². The molecule has 2 heterocycles. The van der Waals surface area contributed by atoms with Gasteiger partial charge in [-0.25, -0.2) is 0 Å².